The van der Waals surface area contributed by atoms with E-state index in [1.54, 1.807) is 12.8 Å². The molecule has 0 amide bonds. The number of fused-ring (bicyclic) bond motifs is 2. The lowest BCUT2D eigenvalue weighted by atomic mass is 9.56. The Balaban J connectivity index is 1.78. The molecule has 2 aliphatic rings. The zero-order valence-corrected chi connectivity index (χ0v) is 18.7. The van der Waals surface area contributed by atoms with Crippen molar-refractivity contribution in [2.24, 2.45) is 40.4 Å². The summed E-state index contributed by atoms with van der Waals surface area (Å²) in [5.74, 6) is 5.00. The summed E-state index contributed by atoms with van der Waals surface area (Å²) in [5, 5.41) is 0. The molecule has 2 aliphatic carbocycles. The summed E-state index contributed by atoms with van der Waals surface area (Å²) in [5.41, 5.74) is 0.968. The van der Waals surface area contributed by atoms with Crippen molar-refractivity contribution in [2.75, 3.05) is 0 Å². The van der Waals surface area contributed by atoms with E-state index in [-0.39, 0.29) is 0 Å². The summed E-state index contributed by atoms with van der Waals surface area (Å²) in [6.45, 7) is 17.4. The van der Waals surface area contributed by atoms with Crippen molar-refractivity contribution in [3.8, 4) is 0 Å². The molecule has 0 aromatic carbocycles. The second-order valence-electron chi connectivity index (χ2n) is 11.7. The molecule has 0 saturated heterocycles. The Labute approximate surface area is 159 Å². The van der Waals surface area contributed by atoms with Gasteiger partial charge in [0.1, 0.15) is 0 Å². The van der Waals surface area contributed by atoms with Crippen LogP contribution in [-0.4, -0.2) is 0 Å². The Hall–Kier alpha value is 0. The van der Waals surface area contributed by atoms with Gasteiger partial charge in [0.25, 0.3) is 0 Å². The number of hydrogen-bond donors (Lipinski definition) is 0. The maximum absolute atomic E-state index is 2.52. The van der Waals surface area contributed by atoms with Gasteiger partial charge in [0.15, 0.2) is 0 Å². The first-order valence-electron chi connectivity index (χ1n) is 11.7. The van der Waals surface area contributed by atoms with Gasteiger partial charge in [-0.1, -0.05) is 106 Å². The average Bonchev–Trinajstić information content (AvgIpc) is 3.06. The predicted octanol–water partition coefficient (Wildman–Crippen LogP) is 8.50. The van der Waals surface area contributed by atoms with Crippen molar-refractivity contribution in [3.63, 3.8) is 0 Å². The predicted molar refractivity (Wildman–Crippen MR) is 113 cm³/mol. The molecule has 2 bridgehead atoms. The van der Waals surface area contributed by atoms with Crippen LogP contribution < -0.4 is 0 Å². The topological polar surface area (TPSA) is 0 Å². The van der Waals surface area contributed by atoms with Crippen LogP contribution in [0.4, 0.5) is 0 Å². The van der Waals surface area contributed by atoms with Crippen LogP contribution in [0.3, 0.4) is 0 Å². The monoisotopic (exact) mass is 348 g/mol. The van der Waals surface area contributed by atoms with Gasteiger partial charge in [-0.05, 0) is 53.3 Å². The van der Waals surface area contributed by atoms with Crippen LogP contribution in [-0.2, 0) is 0 Å². The SMILES string of the molecule is CCCCCCCCCCC1CC2CC1C(C(C)(C)C)C2C(C)(C)C. The third kappa shape index (κ3) is 5.49. The van der Waals surface area contributed by atoms with Crippen LogP contribution in [0.2, 0.25) is 0 Å². The normalized spacial score (nSPS) is 32.5. The molecule has 0 aromatic heterocycles. The van der Waals surface area contributed by atoms with Crippen LogP contribution in [0.15, 0.2) is 0 Å². The lowest BCUT2D eigenvalue weighted by Gasteiger charge is -2.48. The number of rotatable bonds is 9. The minimum atomic E-state index is 0.481. The summed E-state index contributed by atoms with van der Waals surface area (Å²) in [4.78, 5) is 0. The average molecular weight is 349 g/mol. The highest BCUT2D eigenvalue weighted by atomic mass is 14.6. The minimum Gasteiger partial charge on any atom is -0.0654 e. The van der Waals surface area contributed by atoms with Gasteiger partial charge in [-0.25, -0.2) is 0 Å². The van der Waals surface area contributed by atoms with Crippen LogP contribution in [0, 0.1) is 40.4 Å². The minimum absolute atomic E-state index is 0.481. The molecule has 0 spiro atoms. The molecule has 2 saturated carbocycles. The highest BCUT2D eigenvalue weighted by Crippen LogP contribution is 2.65. The molecule has 5 atom stereocenters. The van der Waals surface area contributed by atoms with Gasteiger partial charge in [-0.3, -0.25) is 0 Å². The molecule has 0 heterocycles. The van der Waals surface area contributed by atoms with Crippen molar-refractivity contribution in [1.29, 1.82) is 0 Å². The molecule has 0 aromatic rings. The first-order chi connectivity index (χ1) is 11.7. The summed E-state index contributed by atoms with van der Waals surface area (Å²) < 4.78 is 0. The summed E-state index contributed by atoms with van der Waals surface area (Å²) in [6, 6.07) is 0. The Kier molecular flexibility index (Phi) is 7.49. The van der Waals surface area contributed by atoms with Crippen molar-refractivity contribution in [3.05, 3.63) is 0 Å². The molecule has 25 heavy (non-hydrogen) atoms. The zero-order chi connectivity index (χ0) is 18.7. The molecule has 2 fully saturated rings. The molecule has 0 aliphatic heterocycles. The van der Waals surface area contributed by atoms with E-state index in [0.717, 1.165) is 29.6 Å². The van der Waals surface area contributed by atoms with Crippen LogP contribution in [0.1, 0.15) is 119 Å². The van der Waals surface area contributed by atoms with Gasteiger partial charge in [-0.15, -0.1) is 0 Å². The first kappa shape index (κ1) is 21.3. The molecule has 148 valence electrons. The van der Waals surface area contributed by atoms with Crippen LogP contribution in [0.25, 0.3) is 0 Å². The molecule has 5 unspecified atom stereocenters. The highest BCUT2D eigenvalue weighted by molar-refractivity contribution is 5.06. The van der Waals surface area contributed by atoms with Gasteiger partial charge in [0.05, 0.1) is 0 Å². The Bertz CT molecular complexity index is 380. The van der Waals surface area contributed by atoms with E-state index in [2.05, 4.69) is 48.5 Å². The third-order valence-corrected chi connectivity index (χ3v) is 7.57. The Morgan fingerprint density at radius 1 is 0.640 bits per heavy atom. The smallest absolute Gasteiger partial charge is 0.0298 e. The second-order valence-corrected chi connectivity index (χ2v) is 11.7. The number of hydrogen-bond acceptors (Lipinski definition) is 0. The van der Waals surface area contributed by atoms with E-state index in [4.69, 9.17) is 0 Å². The summed E-state index contributed by atoms with van der Waals surface area (Å²) in [7, 11) is 0. The lowest BCUT2D eigenvalue weighted by Crippen LogP contribution is -2.42. The molecule has 2 rings (SSSR count). The Morgan fingerprint density at radius 3 is 1.68 bits per heavy atom. The largest absolute Gasteiger partial charge is 0.0654 e. The van der Waals surface area contributed by atoms with E-state index in [1.807, 2.05) is 0 Å². The molecular formula is C25H48. The van der Waals surface area contributed by atoms with Gasteiger partial charge >= 0.3 is 0 Å². The standard InChI is InChI=1S/C25H48/c1-8-9-10-11-12-13-14-15-16-19-17-20-18-21(19)23(25(5,6)7)22(20)24(2,3)4/h19-23H,8-18H2,1-7H3. The fourth-order valence-corrected chi connectivity index (χ4v) is 6.79. The van der Waals surface area contributed by atoms with E-state index >= 15 is 0 Å². The lowest BCUT2D eigenvalue weighted by molar-refractivity contribution is -0.000895. The number of unbranched alkanes of at least 4 members (excludes halogenated alkanes) is 7. The highest BCUT2D eigenvalue weighted by Gasteiger charge is 2.58. The van der Waals surface area contributed by atoms with E-state index in [0.29, 0.717) is 10.8 Å². The third-order valence-electron chi connectivity index (χ3n) is 7.57. The van der Waals surface area contributed by atoms with Crippen molar-refractivity contribution >= 4 is 0 Å². The van der Waals surface area contributed by atoms with Crippen molar-refractivity contribution in [1.82, 2.24) is 0 Å². The zero-order valence-electron chi connectivity index (χ0n) is 18.7. The van der Waals surface area contributed by atoms with E-state index in [1.165, 1.54) is 57.8 Å². The van der Waals surface area contributed by atoms with Crippen molar-refractivity contribution in [2.45, 2.75) is 119 Å². The fourth-order valence-electron chi connectivity index (χ4n) is 6.79. The quantitative estimate of drug-likeness (QED) is 0.366. The van der Waals surface area contributed by atoms with Crippen molar-refractivity contribution < 1.29 is 0 Å². The summed E-state index contributed by atoms with van der Waals surface area (Å²) in [6.07, 6.45) is 16.3. The fraction of sp³-hybridized carbons (Fsp3) is 1.00. The molecule has 0 nitrogen and oxygen atoms in total. The van der Waals surface area contributed by atoms with E-state index < -0.39 is 0 Å². The van der Waals surface area contributed by atoms with Gasteiger partial charge in [-0.2, -0.15) is 0 Å². The van der Waals surface area contributed by atoms with E-state index in [9.17, 15) is 0 Å². The molecule has 0 N–H and O–H groups in total. The second kappa shape index (κ2) is 8.79. The van der Waals surface area contributed by atoms with Crippen LogP contribution in [0.5, 0.6) is 0 Å². The van der Waals surface area contributed by atoms with Gasteiger partial charge < -0.3 is 0 Å². The maximum Gasteiger partial charge on any atom is -0.0298 e. The maximum atomic E-state index is 2.52. The molecular weight excluding hydrogens is 300 g/mol. The molecule has 0 radical (unpaired) electrons. The summed E-state index contributed by atoms with van der Waals surface area (Å²) >= 11 is 0. The van der Waals surface area contributed by atoms with Gasteiger partial charge in [0.2, 0.25) is 0 Å². The van der Waals surface area contributed by atoms with Crippen LogP contribution >= 0.6 is 0 Å². The Morgan fingerprint density at radius 2 is 1.16 bits per heavy atom. The molecule has 0 heteroatoms. The van der Waals surface area contributed by atoms with Gasteiger partial charge in [0, 0.05) is 0 Å². The first-order valence-corrected chi connectivity index (χ1v) is 11.7.